The number of anilines is 1. The Morgan fingerprint density at radius 3 is 2.65 bits per heavy atom. The second-order valence-electron chi connectivity index (χ2n) is 7.49. The first kappa shape index (κ1) is 22.7. The smallest absolute Gasteiger partial charge is 0.338 e. The van der Waals surface area contributed by atoms with Crippen molar-refractivity contribution >= 4 is 17.6 Å². The molecule has 0 saturated heterocycles. The molecule has 4 rings (SSSR count). The zero-order valence-electron chi connectivity index (χ0n) is 18.6. The minimum absolute atomic E-state index is 0.0671. The summed E-state index contributed by atoms with van der Waals surface area (Å²) >= 11 is 0. The summed E-state index contributed by atoms with van der Waals surface area (Å²) in [4.78, 5) is 41.8. The van der Waals surface area contributed by atoms with Crippen LogP contribution in [0, 0.1) is 6.92 Å². The van der Waals surface area contributed by atoms with E-state index in [0.717, 1.165) is 11.1 Å². The Morgan fingerprint density at radius 1 is 1.09 bits per heavy atom. The van der Waals surface area contributed by atoms with Crippen molar-refractivity contribution in [3.63, 3.8) is 0 Å². The van der Waals surface area contributed by atoms with E-state index < -0.39 is 17.4 Å². The minimum Gasteiger partial charge on any atom is -0.462 e. The average molecular weight is 458 g/mol. The Bertz CT molecular complexity index is 1390. The van der Waals surface area contributed by atoms with Crippen LogP contribution in [0.2, 0.25) is 0 Å². The van der Waals surface area contributed by atoms with Gasteiger partial charge in [-0.1, -0.05) is 41.1 Å². The lowest BCUT2D eigenvalue weighted by Crippen LogP contribution is -2.28. The van der Waals surface area contributed by atoms with E-state index in [-0.39, 0.29) is 24.6 Å². The third-order valence-electron chi connectivity index (χ3n) is 4.96. The van der Waals surface area contributed by atoms with Crippen molar-refractivity contribution in [1.82, 2.24) is 14.7 Å². The van der Waals surface area contributed by atoms with Crippen LogP contribution in [0.1, 0.15) is 22.8 Å². The molecule has 0 saturated carbocycles. The number of aryl methyl sites for hydroxylation is 1. The van der Waals surface area contributed by atoms with Crippen LogP contribution in [0.3, 0.4) is 0 Å². The Balaban J connectivity index is 1.50. The van der Waals surface area contributed by atoms with Crippen molar-refractivity contribution in [1.29, 1.82) is 0 Å². The minimum atomic E-state index is -0.480. The van der Waals surface area contributed by atoms with Gasteiger partial charge in [-0.3, -0.25) is 9.59 Å². The van der Waals surface area contributed by atoms with Gasteiger partial charge in [-0.05, 0) is 44.2 Å². The van der Waals surface area contributed by atoms with E-state index in [1.807, 2.05) is 31.2 Å². The van der Waals surface area contributed by atoms with Crippen LogP contribution < -0.4 is 10.9 Å². The molecule has 0 aliphatic heterocycles. The first-order chi connectivity index (χ1) is 16.4. The van der Waals surface area contributed by atoms with Gasteiger partial charge >= 0.3 is 5.97 Å². The van der Waals surface area contributed by atoms with Gasteiger partial charge in [0.25, 0.3) is 11.4 Å². The fourth-order valence-corrected chi connectivity index (χ4v) is 3.27. The fraction of sp³-hybridized carbons (Fsp3) is 0.160. The largest absolute Gasteiger partial charge is 0.462 e. The van der Waals surface area contributed by atoms with Crippen molar-refractivity contribution in [3.8, 4) is 22.8 Å². The molecular formula is C25H22N4O5. The molecule has 2 aromatic heterocycles. The highest BCUT2D eigenvalue weighted by Gasteiger charge is 2.16. The molecule has 1 amide bonds. The van der Waals surface area contributed by atoms with E-state index in [4.69, 9.17) is 9.26 Å². The zero-order valence-corrected chi connectivity index (χ0v) is 18.6. The Labute approximate surface area is 195 Å². The number of esters is 1. The SMILES string of the molecule is CCOC(=O)c1cccc(NC(=O)Cn2cccc(-c3nc(-c4ccc(C)cc4)no3)c2=O)c1. The molecule has 0 aliphatic carbocycles. The van der Waals surface area contributed by atoms with Crippen molar-refractivity contribution in [3.05, 3.63) is 88.3 Å². The van der Waals surface area contributed by atoms with Gasteiger partial charge in [0.05, 0.1) is 12.2 Å². The number of nitrogens with one attached hydrogen (secondary N) is 1. The average Bonchev–Trinajstić information content (AvgIpc) is 3.31. The molecule has 4 aromatic rings. The molecule has 9 nitrogen and oxygen atoms in total. The maximum Gasteiger partial charge on any atom is 0.338 e. The van der Waals surface area contributed by atoms with Crippen LogP contribution in [0.4, 0.5) is 5.69 Å². The molecule has 0 spiro atoms. The maximum absolute atomic E-state index is 13.0. The van der Waals surface area contributed by atoms with Crippen LogP contribution in [-0.2, 0) is 16.1 Å². The lowest BCUT2D eigenvalue weighted by Gasteiger charge is -2.09. The number of amides is 1. The molecule has 0 radical (unpaired) electrons. The highest BCUT2D eigenvalue weighted by molar-refractivity contribution is 5.94. The quantitative estimate of drug-likeness (QED) is 0.420. The molecule has 1 N–H and O–H groups in total. The predicted octanol–water partition coefficient (Wildman–Crippen LogP) is 3.69. The third kappa shape index (κ3) is 5.09. The van der Waals surface area contributed by atoms with Crippen LogP contribution in [0.5, 0.6) is 0 Å². The summed E-state index contributed by atoms with van der Waals surface area (Å²) in [6.45, 7) is 3.70. The van der Waals surface area contributed by atoms with Crippen molar-refractivity contribution < 1.29 is 18.8 Å². The van der Waals surface area contributed by atoms with Gasteiger partial charge < -0.3 is 19.1 Å². The first-order valence-electron chi connectivity index (χ1n) is 10.6. The number of pyridine rings is 1. The lowest BCUT2D eigenvalue weighted by molar-refractivity contribution is -0.116. The summed E-state index contributed by atoms with van der Waals surface area (Å²) in [6, 6.07) is 17.2. The molecule has 0 fully saturated rings. The van der Waals surface area contributed by atoms with Crippen LogP contribution in [0.15, 0.2) is 76.2 Å². The van der Waals surface area contributed by atoms with E-state index in [9.17, 15) is 14.4 Å². The predicted molar refractivity (Wildman–Crippen MR) is 125 cm³/mol. The number of ether oxygens (including phenoxy) is 1. The summed E-state index contributed by atoms with van der Waals surface area (Å²) in [6.07, 6.45) is 1.50. The summed E-state index contributed by atoms with van der Waals surface area (Å²) in [7, 11) is 0. The van der Waals surface area contributed by atoms with Gasteiger partial charge in [0.2, 0.25) is 11.7 Å². The number of carbonyl (C=O) groups excluding carboxylic acids is 2. The van der Waals surface area contributed by atoms with Crippen molar-refractivity contribution in [2.45, 2.75) is 20.4 Å². The van der Waals surface area contributed by atoms with Gasteiger partial charge in [0, 0.05) is 17.4 Å². The van der Waals surface area contributed by atoms with E-state index >= 15 is 0 Å². The topological polar surface area (TPSA) is 116 Å². The third-order valence-corrected chi connectivity index (χ3v) is 4.96. The second kappa shape index (κ2) is 9.95. The van der Waals surface area contributed by atoms with E-state index in [2.05, 4.69) is 15.5 Å². The lowest BCUT2D eigenvalue weighted by atomic mass is 10.1. The number of benzene rings is 2. The number of nitrogens with zero attached hydrogens (tertiary/aromatic N) is 3. The summed E-state index contributed by atoms with van der Waals surface area (Å²) in [5.74, 6) is -0.486. The van der Waals surface area contributed by atoms with Gasteiger partial charge in [0.1, 0.15) is 12.1 Å². The molecular weight excluding hydrogens is 436 g/mol. The fourth-order valence-electron chi connectivity index (χ4n) is 3.27. The Morgan fingerprint density at radius 2 is 1.88 bits per heavy atom. The molecule has 9 heteroatoms. The van der Waals surface area contributed by atoms with Gasteiger partial charge in [0.15, 0.2) is 0 Å². The van der Waals surface area contributed by atoms with Gasteiger partial charge in [-0.25, -0.2) is 4.79 Å². The molecule has 0 aliphatic rings. The van der Waals surface area contributed by atoms with Crippen molar-refractivity contribution in [2.24, 2.45) is 0 Å². The van der Waals surface area contributed by atoms with Crippen LogP contribution in [0.25, 0.3) is 22.8 Å². The van der Waals surface area contributed by atoms with E-state index in [1.165, 1.54) is 16.8 Å². The molecule has 0 atom stereocenters. The first-order valence-corrected chi connectivity index (χ1v) is 10.6. The highest BCUT2D eigenvalue weighted by atomic mass is 16.5. The van der Waals surface area contributed by atoms with Crippen LogP contribution in [-0.4, -0.2) is 33.2 Å². The van der Waals surface area contributed by atoms with Crippen LogP contribution >= 0.6 is 0 Å². The molecule has 0 bridgehead atoms. The number of aromatic nitrogens is 3. The van der Waals surface area contributed by atoms with Gasteiger partial charge in [-0.15, -0.1) is 0 Å². The maximum atomic E-state index is 13.0. The summed E-state index contributed by atoms with van der Waals surface area (Å²) in [5, 5.41) is 6.65. The zero-order chi connectivity index (χ0) is 24.1. The number of hydrogen-bond acceptors (Lipinski definition) is 7. The van der Waals surface area contributed by atoms with Crippen molar-refractivity contribution in [2.75, 3.05) is 11.9 Å². The molecule has 0 unspecified atom stereocenters. The molecule has 172 valence electrons. The summed E-state index contributed by atoms with van der Waals surface area (Å²) in [5.41, 5.74) is 2.34. The number of hydrogen-bond donors (Lipinski definition) is 1. The molecule has 2 aromatic carbocycles. The molecule has 34 heavy (non-hydrogen) atoms. The Hall–Kier alpha value is -4.53. The van der Waals surface area contributed by atoms with E-state index in [1.54, 1.807) is 37.3 Å². The van der Waals surface area contributed by atoms with Gasteiger partial charge in [-0.2, -0.15) is 4.98 Å². The molecule has 2 heterocycles. The second-order valence-corrected chi connectivity index (χ2v) is 7.49. The highest BCUT2D eigenvalue weighted by Crippen LogP contribution is 2.20. The van der Waals surface area contributed by atoms with E-state index in [0.29, 0.717) is 17.1 Å². The number of carbonyl (C=O) groups is 2. The normalized spacial score (nSPS) is 10.6. The Kier molecular flexibility index (Phi) is 6.63. The number of rotatable bonds is 7. The monoisotopic (exact) mass is 458 g/mol. The standard InChI is InChI=1S/C25H22N4O5/c1-3-33-25(32)18-6-4-7-19(14-18)26-21(30)15-29-13-5-8-20(24(29)31)23-27-22(28-34-23)17-11-9-16(2)10-12-17/h4-14H,3,15H2,1-2H3,(H,26,30). The summed E-state index contributed by atoms with van der Waals surface area (Å²) < 4.78 is 11.5.